The lowest BCUT2D eigenvalue weighted by molar-refractivity contribution is -0.124. The van der Waals surface area contributed by atoms with E-state index in [1.165, 1.54) is 0 Å². The van der Waals surface area contributed by atoms with Gasteiger partial charge in [-0.05, 0) is 48.2 Å². The zero-order valence-electron chi connectivity index (χ0n) is 16.3. The summed E-state index contributed by atoms with van der Waals surface area (Å²) < 4.78 is 5.22. The molecule has 2 aromatic rings. The number of rotatable bonds is 5. The van der Waals surface area contributed by atoms with Crippen LogP contribution in [0, 0.1) is 5.92 Å². The second kappa shape index (κ2) is 8.31. The van der Waals surface area contributed by atoms with Crippen molar-refractivity contribution in [3.05, 3.63) is 77.0 Å². The summed E-state index contributed by atoms with van der Waals surface area (Å²) >= 11 is 0. The van der Waals surface area contributed by atoms with Crippen molar-refractivity contribution < 1.29 is 14.3 Å². The van der Waals surface area contributed by atoms with Crippen molar-refractivity contribution in [1.82, 2.24) is 10.7 Å². The van der Waals surface area contributed by atoms with E-state index >= 15 is 0 Å². The molecule has 2 aliphatic rings. The van der Waals surface area contributed by atoms with Crippen LogP contribution in [0.15, 0.2) is 71.0 Å². The molecule has 29 heavy (non-hydrogen) atoms. The Kier molecular flexibility index (Phi) is 5.42. The molecule has 1 atom stereocenters. The van der Waals surface area contributed by atoms with Crippen LogP contribution in [0.5, 0.6) is 5.75 Å². The molecule has 0 saturated carbocycles. The first kappa shape index (κ1) is 18.9. The number of Topliss-reactive ketones (excluding diaryl/α,β-unsaturated/α-hetero) is 1. The molecule has 1 aliphatic heterocycles. The smallest absolute Gasteiger partial charge is 0.234 e. The van der Waals surface area contributed by atoms with Gasteiger partial charge in [0.2, 0.25) is 5.91 Å². The van der Waals surface area contributed by atoms with Crippen LogP contribution in [-0.2, 0) is 16.1 Å². The van der Waals surface area contributed by atoms with Crippen LogP contribution in [-0.4, -0.2) is 24.5 Å². The van der Waals surface area contributed by atoms with Gasteiger partial charge in [0.15, 0.2) is 5.78 Å². The quantitative estimate of drug-likeness (QED) is 0.824. The fourth-order valence-corrected chi connectivity index (χ4v) is 3.78. The maximum absolute atomic E-state index is 13.2. The molecule has 6 heteroatoms. The Morgan fingerprint density at radius 2 is 1.90 bits per heavy atom. The van der Waals surface area contributed by atoms with E-state index < -0.39 is 5.92 Å². The molecule has 1 amide bonds. The van der Waals surface area contributed by atoms with E-state index in [1.54, 1.807) is 7.11 Å². The van der Waals surface area contributed by atoms with Crippen LogP contribution >= 0.6 is 0 Å². The molecule has 0 spiro atoms. The summed E-state index contributed by atoms with van der Waals surface area (Å²) in [6.45, 7) is 0.399. The molecule has 0 fully saturated rings. The fourth-order valence-electron chi connectivity index (χ4n) is 3.78. The van der Waals surface area contributed by atoms with Crippen molar-refractivity contribution in [3.8, 4) is 5.75 Å². The second-order valence-electron chi connectivity index (χ2n) is 7.14. The van der Waals surface area contributed by atoms with Crippen LogP contribution < -0.4 is 15.5 Å². The summed E-state index contributed by atoms with van der Waals surface area (Å²) in [4.78, 5) is 26.0. The van der Waals surface area contributed by atoms with Crippen LogP contribution in [0.4, 0.5) is 0 Å². The molecule has 0 aromatic heterocycles. The van der Waals surface area contributed by atoms with Gasteiger partial charge in [-0.2, -0.15) is 5.10 Å². The predicted molar refractivity (Wildman–Crippen MR) is 110 cm³/mol. The zero-order chi connectivity index (χ0) is 20.2. The van der Waals surface area contributed by atoms with Crippen molar-refractivity contribution in [2.24, 2.45) is 11.0 Å². The third-order valence-electron chi connectivity index (χ3n) is 5.29. The molecule has 0 saturated heterocycles. The lowest BCUT2D eigenvalue weighted by Crippen LogP contribution is -2.43. The number of ether oxygens (including phenoxy) is 1. The molecule has 4 rings (SSSR count). The molecule has 0 bridgehead atoms. The minimum absolute atomic E-state index is 0.0134. The van der Waals surface area contributed by atoms with E-state index in [0.29, 0.717) is 24.3 Å². The lowest BCUT2D eigenvalue weighted by Gasteiger charge is -2.30. The fraction of sp³-hybridized carbons (Fsp3) is 0.261. The first-order valence-electron chi connectivity index (χ1n) is 9.73. The number of hydrazone groups is 1. The van der Waals surface area contributed by atoms with Crippen molar-refractivity contribution in [2.45, 2.75) is 25.8 Å². The maximum Gasteiger partial charge on any atom is 0.234 e. The lowest BCUT2D eigenvalue weighted by atomic mass is 9.80. The standard InChI is InChI=1S/C23H23N3O3/c1-29-17-12-10-16(11-13-17)22-21(20-18(25-26-22)8-5-9-19(20)27)23(28)24-14-15-6-3-2-4-7-15/h2-4,6-7,10-13,21,25H,5,8-9,14H2,1H3,(H,24,28). The van der Waals surface area contributed by atoms with E-state index in [0.717, 1.165) is 35.4 Å². The number of allylic oxidation sites excluding steroid dienone is 1. The minimum atomic E-state index is -0.726. The van der Waals surface area contributed by atoms with E-state index in [-0.39, 0.29) is 11.7 Å². The normalized spacial score (nSPS) is 18.4. The number of hydrogen-bond acceptors (Lipinski definition) is 5. The molecular weight excluding hydrogens is 366 g/mol. The van der Waals surface area contributed by atoms with Crippen LogP contribution in [0.2, 0.25) is 0 Å². The molecule has 1 heterocycles. The summed E-state index contributed by atoms with van der Waals surface area (Å²) in [5.41, 5.74) is 6.66. The first-order chi connectivity index (χ1) is 14.2. The van der Waals surface area contributed by atoms with Gasteiger partial charge in [-0.15, -0.1) is 0 Å². The highest BCUT2D eigenvalue weighted by Gasteiger charge is 2.39. The van der Waals surface area contributed by atoms with Gasteiger partial charge in [0.25, 0.3) is 0 Å². The Morgan fingerprint density at radius 1 is 1.14 bits per heavy atom. The first-order valence-corrected chi connectivity index (χ1v) is 9.73. The molecule has 148 valence electrons. The Morgan fingerprint density at radius 3 is 2.62 bits per heavy atom. The average Bonchev–Trinajstić information content (AvgIpc) is 2.78. The monoisotopic (exact) mass is 389 g/mol. The van der Waals surface area contributed by atoms with Gasteiger partial charge in [0, 0.05) is 24.2 Å². The van der Waals surface area contributed by atoms with Gasteiger partial charge in [0.05, 0.1) is 12.8 Å². The summed E-state index contributed by atoms with van der Waals surface area (Å²) in [6.07, 6.45) is 1.96. The summed E-state index contributed by atoms with van der Waals surface area (Å²) in [7, 11) is 1.60. The number of ketones is 1. The molecule has 0 radical (unpaired) electrons. The Labute approximate surface area is 169 Å². The van der Waals surface area contributed by atoms with E-state index in [1.807, 2.05) is 54.6 Å². The predicted octanol–water partition coefficient (Wildman–Crippen LogP) is 2.94. The van der Waals surface area contributed by atoms with Gasteiger partial charge in [-0.1, -0.05) is 30.3 Å². The average molecular weight is 389 g/mol. The highest BCUT2D eigenvalue weighted by Crippen LogP contribution is 2.32. The van der Waals surface area contributed by atoms with E-state index in [9.17, 15) is 9.59 Å². The Hall–Kier alpha value is -3.41. The minimum Gasteiger partial charge on any atom is -0.497 e. The third kappa shape index (κ3) is 3.92. The third-order valence-corrected chi connectivity index (χ3v) is 5.29. The number of methoxy groups -OCH3 is 1. The SMILES string of the molecule is COc1ccc(C2=NNC3=C(C(=O)CCC3)C2C(=O)NCc2ccccc2)cc1. The highest BCUT2D eigenvalue weighted by atomic mass is 16.5. The number of amides is 1. The summed E-state index contributed by atoms with van der Waals surface area (Å²) in [5.74, 6) is -0.208. The maximum atomic E-state index is 13.2. The van der Waals surface area contributed by atoms with Crippen LogP contribution in [0.3, 0.4) is 0 Å². The second-order valence-corrected chi connectivity index (χ2v) is 7.14. The largest absolute Gasteiger partial charge is 0.497 e. The Bertz CT molecular complexity index is 978. The van der Waals surface area contributed by atoms with Crippen molar-refractivity contribution in [3.63, 3.8) is 0 Å². The van der Waals surface area contributed by atoms with Crippen molar-refractivity contribution in [2.75, 3.05) is 7.11 Å². The van der Waals surface area contributed by atoms with Gasteiger partial charge >= 0.3 is 0 Å². The van der Waals surface area contributed by atoms with E-state index in [4.69, 9.17) is 4.74 Å². The van der Waals surface area contributed by atoms with Crippen molar-refractivity contribution in [1.29, 1.82) is 0 Å². The molecule has 2 N–H and O–H groups in total. The Balaban J connectivity index is 1.65. The topological polar surface area (TPSA) is 79.8 Å². The van der Waals surface area contributed by atoms with Gasteiger partial charge in [-0.3, -0.25) is 15.0 Å². The summed E-state index contributed by atoms with van der Waals surface area (Å²) in [5, 5.41) is 7.47. The van der Waals surface area contributed by atoms with E-state index in [2.05, 4.69) is 15.8 Å². The van der Waals surface area contributed by atoms with Gasteiger partial charge < -0.3 is 10.1 Å². The molecular formula is C23H23N3O3. The number of carbonyl (C=O) groups excluding carboxylic acids is 2. The number of carbonyl (C=O) groups is 2. The number of nitrogens with zero attached hydrogens (tertiary/aromatic N) is 1. The molecule has 1 unspecified atom stereocenters. The molecule has 6 nitrogen and oxygen atoms in total. The van der Waals surface area contributed by atoms with Crippen LogP contribution in [0.1, 0.15) is 30.4 Å². The number of nitrogens with one attached hydrogen (secondary N) is 2. The molecule has 2 aromatic carbocycles. The van der Waals surface area contributed by atoms with Crippen molar-refractivity contribution >= 4 is 17.4 Å². The number of hydrogen-bond donors (Lipinski definition) is 2. The van der Waals surface area contributed by atoms with Gasteiger partial charge in [0.1, 0.15) is 11.7 Å². The zero-order valence-corrected chi connectivity index (χ0v) is 16.3. The summed E-state index contributed by atoms with van der Waals surface area (Å²) in [6, 6.07) is 17.1. The van der Waals surface area contributed by atoms with Gasteiger partial charge in [-0.25, -0.2) is 0 Å². The molecule has 1 aliphatic carbocycles. The highest BCUT2D eigenvalue weighted by molar-refractivity contribution is 6.21. The number of benzene rings is 2. The van der Waals surface area contributed by atoms with Crippen LogP contribution in [0.25, 0.3) is 0 Å².